The van der Waals surface area contributed by atoms with Crippen LogP contribution in [-0.4, -0.2) is 24.7 Å². The molecule has 2 rings (SSSR count). The van der Waals surface area contributed by atoms with Crippen molar-refractivity contribution in [2.24, 2.45) is 5.73 Å². The molecule has 0 aromatic heterocycles. The van der Waals surface area contributed by atoms with E-state index in [1.807, 2.05) is 30.3 Å². The molecule has 0 aliphatic heterocycles. The maximum Gasteiger partial charge on any atom is 0.246 e. The van der Waals surface area contributed by atoms with Crippen LogP contribution in [0.3, 0.4) is 0 Å². The smallest absolute Gasteiger partial charge is 0.246 e. The zero-order valence-corrected chi connectivity index (χ0v) is 11.2. The molecule has 0 atom stereocenters. The van der Waals surface area contributed by atoms with Crippen molar-refractivity contribution in [3.05, 3.63) is 35.9 Å². The van der Waals surface area contributed by atoms with Gasteiger partial charge in [-0.15, -0.1) is 0 Å². The lowest BCUT2D eigenvalue weighted by atomic mass is 9.94. The molecule has 1 fully saturated rings. The molecule has 1 aliphatic rings. The van der Waals surface area contributed by atoms with Crippen molar-refractivity contribution >= 4 is 5.91 Å². The van der Waals surface area contributed by atoms with Crippen molar-refractivity contribution in [1.82, 2.24) is 5.32 Å². The number of carbonyl (C=O) groups excluding carboxylic acids is 1. The molecule has 4 nitrogen and oxygen atoms in total. The molecule has 104 valence electrons. The van der Waals surface area contributed by atoms with Crippen molar-refractivity contribution in [2.75, 3.05) is 6.61 Å². The first-order valence-electron chi connectivity index (χ1n) is 6.92. The minimum absolute atomic E-state index is 0.0567. The van der Waals surface area contributed by atoms with Gasteiger partial charge in [-0.3, -0.25) is 4.79 Å². The van der Waals surface area contributed by atoms with Gasteiger partial charge in [0.05, 0.1) is 6.10 Å². The number of amides is 1. The molecular formula is C15H22N2O2. The van der Waals surface area contributed by atoms with Crippen molar-refractivity contribution < 1.29 is 9.53 Å². The quantitative estimate of drug-likeness (QED) is 0.847. The Balaban J connectivity index is 1.62. The van der Waals surface area contributed by atoms with E-state index in [0.29, 0.717) is 12.6 Å². The third-order valence-corrected chi connectivity index (χ3v) is 3.50. The average molecular weight is 262 g/mol. The third kappa shape index (κ3) is 5.01. The van der Waals surface area contributed by atoms with Gasteiger partial charge < -0.3 is 15.8 Å². The van der Waals surface area contributed by atoms with Gasteiger partial charge in [0.1, 0.15) is 6.61 Å². The third-order valence-electron chi connectivity index (χ3n) is 3.50. The van der Waals surface area contributed by atoms with E-state index in [9.17, 15) is 4.79 Å². The molecule has 0 radical (unpaired) electrons. The van der Waals surface area contributed by atoms with Crippen LogP contribution in [-0.2, 0) is 16.1 Å². The topological polar surface area (TPSA) is 64.3 Å². The monoisotopic (exact) mass is 262 g/mol. The summed E-state index contributed by atoms with van der Waals surface area (Å²) in [6, 6.07) is 10.2. The highest BCUT2D eigenvalue weighted by molar-refractivity contribution is 5.77. The summed E-state index contributed by atoms with van der Waals surface area (Å²) in [7, 11) is 0. The first-order chi connectivity index (χ1) is 9.24. The van der Waals surface area contributed by atoms with Crippen molar-refractivity contribution in [3.8, 4) is 0 Å². The predicted octanol–water partition coefficient (Wildman–Crippen LogP) is 1.59. The molecular weight excluding hydrogens is 240 g/mol. The predicted molar refractivity (Wildman–Crippen MR) is 74.5 cm³/mol. The first-order valence-corrected chi connectivity index (χ1v) is 6.92. The van der Waals surface area contributed by atoms with Gasteiger partial charge in [-0.25, -0.2) is 0 Å². The van der Waals surface area contributed by atoms with E-state index in [0.717, 1.165) is 31.2 Å². The number of rotatable bonds is 5. The Morgan fingerprint density at radius 2 is 1.89 bits per heavy atom. The largest absolute Gasteiger partial charge is 0.368 e. The van der Waals surface area contributed by atoms with Crippen LogP contribution in [0.25, 0.3) is 0 Å². The molecule has 0 bridgehead atoms. The van der Waals surface area contributed by atoms with Crippen molar-refractivity contribution in [2.45, 2.75) is 44.4 Å². The molecule has 1 amide bonds. The molecule has 4 heteroatoms. The number of hydrogen-bond donors (Lipinski definition) is 2. The number of nitrogens with one attached hydrogen (secondary N) is 1. The maximum atomic E-state index is 11.7. The van der Waals surface area contributed by atoms with Gasteiger partial charge in [0.25, 0.3) is 0 Å². The van der Waals surface area contributed by atoms with Gasteiger partial charge in [0.2, 0.25) is 5.91 Å². The Labute approximate surface area is 114 Å². The molecule has 1 saturated carbocycles. The van der Waals surface area contributed by atoms with Crippen molar-refractivity contribution in [3.63, 3.8) is 0 Å². The van der Waals surface area contributed by atoms with Crippen LogP contribution in [0.2, 0.25) is 0 Å². The molecule has 0 unspecified atom stereocenters. The molecule has 0 spiro atoms. The van der Waals surface area contributed by atoms with Gasteiger partial charge in [0.15, 0.2) is 0 Å². The SMILES string of the molecule is NC1CCC(OCC(=O)NCc2ccccc2)CC1. The number of ether oxygens (including phenoxy) is 1. The van der Waals surface area contributed by atoms with E-state index in [1.54, 1.807) is 0 Å². The summed E-state index contributed by atoms with van der Waals surface area (Å²) < 4.78 is 5.61. The van der Waals surface area contributed by atoms with Crippen LogP contribution in [0.4, 0.5) is 0 Å². The van der Waals surface area contributed by atoms with Crippen molar-refractivity contribution in [1.29, 1.82) is 0 Å². The summed E-state index contributed by atoms with van der Waals surface area (Å²) in [5.74, 6) is -0.0567. The summed E-state index contributed by atoms with van der Waals surface area (Å²) in [5, 5.41) is 2.86. The lowest BCUT2D eigenvalue weighted by molar-refractivity contribution is -0.128. The van der Waals surface area contributed by atoms with E-state index in [-0.39, 0.29) is 18.6 Å². The summed E-state index contributed by atoms with van der Waals surface area (Å²) in [6.07, 6.45) is 4.12. The highest BCUT2D eigenvalue weighted by Crippen LogP contribution is 2.19. The second kappa shape index (κ2) is 7.26. The lowest BCUT2D eigenvalue weighted by Crippen LogP contribution is -2.33. The number of nitrogens with two attached hydrogens (primary N) is 1. The fraction of sp³-hybridized carbons (Fsp3) is 0.533. The van der Waals surface area contributed by atoms with Crippen LogP contribution in [0, 0.1) is 0 Å². The fourth-order valence-corrected chi connectivity index (χ4v) is 2.30. The van der Waals surface area contributed by atoms with E-state index >= 15 is 0 Å². The summed E-state index contributed by atoms with van der Waals surface area (Å²) >= 11 is 0. The minimum atomic E-state index is -0.0567. The highest BCUT2D eigenvalue weighted by Gasteiger charge is 2.19. The Morgan fingerprint density at radius 3 is 2.58 bits per heavy atom. The number of hydrogen-bond acceptors (Lipinski definition) is 3. The molecule has 0 heterocycles. The van der Waals surface area contributed by atoms with E-state index < -0.39 is 0 Å². The van der Waals surface area contributed by atoms with E-state index in [1.165, 1.54) is 0 Å². The van der Waals surface area contributed by atoms with Crippen LogP contribution in [0.5, 0.6) is 0 Å². The molecule has 3 N–H and O–H groups in total. The van der Waals surface area contributed by atoms with Crippen LogP contribution in [0.15, 0.2) is 30.3 Å². The minimum Gasteiger partial charge on any atom is -0.368 e. The molecule has 0 saturated heterocycles. The Hall–Kier alpha value is -1.39. The highest BCUT2D eigenvalue weighted by atomic mass is 16.5. The zero-order chi connectivity index (χ0) is 13.5. The van der Waals surface area contributed by atoms with E-state index in [2.05, 4.69) is 5.32 Å². The van der Waals surface area contributed by atoms with Crippen LogP contribution >= 0.6 is 0 Å². The van der Waals surface area contributed by atoms with Crippen LogP contribution in [0.1, 0.15) is 31.2 Å². The maximum absolute atomic E-state index is 11.7. The fourth-order valence-electron chi connectivity index (χ4n) is 2.30. The second-order valence-corrected chi connectivity index (χ2v) is 5.11. The van der Waals surface area contributed by atoms with E-state index in [4.69, 9.17) is 10.5 Å². The van der Waals surface area contributed by atoms with Crippen LogP contribution < -0.4 is 11.1 Å². The Morgan fingerprint density at radius 1 is 1.21 bits per heavy atom. The number of carbonyl (C=O) groups is 1. The summed E-state index contributed by atoms with van der Waals surface area (Å²) in [5.41, 5.74) is 6.93. The lowest BCUT2D eigenvalue weighted by Gasteiger charge is -2.25. The molecule has 19 heavy (non-hydrogen) atoms. The zero-order valence-electron chi connectivity index (χ0n) is 11.2. The van der Waals surface area contributed by atoms with Gasteiger partial charge in [0, 0.05) is 12.6 Å². The molecule has 1 aromatic carbocycles. The second-order valence-electron chi connectivity index (χ2n) is 5.11. The summed E-state index contributed by atoms with van der Waals surface area (Å²) in [4.78, 5) is 11.7. The standard InChI is InChI=1S/C15H22N2O2/c16-13-6-8-14(9-7-13)19-11-15(18)17-10-12-4-2-1-3-5-12/h1-5,13-14H,6-11,16H2,(H,17,18). The van der Waals surface area contributed by atoms with Gasteiger partial charge >= 0.3 is 0 Å². The molecule has 1 aromatic rings. The first kappa shape index (κ1) is 14.0. The molecule has 1 aliphatic carbocycles. The Bertz CT molecular complexity index is 386. The normalized spacial score (nSPS) is 23.0. The Kier molecular flexibility index (Phi) is 5.36. The van der Waals surface area contributed by atoms with Gasteiger partial charge in [-0.1, -0.05) is 30.3 Å². The average Bonchev–Trinajstić information content (AvgIpc) is 2.45. The van der Waals surface area contributed by atoms with Gasteiger partial charge in [-0.05, 0) is 31.2 Å². The summed E-state index contributed by atoms with van der Waals surface area (Å²) in [6.45, 7) is 0.700. The number of benzene rings is 1. The van der Waals surface area contributed by atoms with Gasteiger partial charge in [-0.2, -0.15) is 0 Å².